The normalized spacial score (nSPS) is 11.1. The van der Waals surface area contributed by atoms with E-state index in [1.54, 1.807) is 0 Å². The van der Waals surface area contributed by atoms with E-state index in [4.69, 9.17) is 4.42 Å². The molecule has 0 spiro atoms. The summed E-state index contributed by atoms with van der Waals surface area (Å²) in [6, 6.07) is 38.4. The SMILES string of the molecule is C=C(Cc1c(-c2ccccc2)oc(=O)c2ccccc12)C(c1ccccc1)c1ccccc1. The zero-order valence-corrected chi connectivity index (χ0v) is 18.3. The molecule has 5 aromatic rings. The van der Waals surface area contributed by atoms with Gasteiger partial charge in [0, 0.05) is 17.0 Å². The maximum absolute atomic E-state index is 12.8. The Morgan fingerprint density at radius 3 is 1.73 bits per heavy atom. The molecule has 1 heterocycles. The molecule has 2 heteroatoms. The lowest BCUT2D eigenvalue weighted by molar-refractivity contribution is 0.529. The van der Waals surface area contributed by atoms with Crippen LogP contribution in [0.15, 0.2) is 137 Å². The minimum Gasteiger partial charge on any atom is -0.422 e. The first kappa shape index (κ1) is 20.7. The molecule has 33 heavy (non-hydrogen) atoms. The van der Waals surface area contributed by atoms with E-state index in [0.717, 1.165) is 22.1 Å². The Balaban J connectivity index is 1.67. The highest BCUT2D eigenvalue weighted by atomic mass is 16.4. The lowest BCUT2D eigenvalue weighted by atomic mass is 9.82. The monoisotopic (exact) mass is 428 g/mol. The van der Waals surface area contributed by atoms with Crippen molar-refractivity contribution < 1.29 is 4.42 Å². The van der Waals surface area contributed by atoms with Crippen LogP contribution in [0.25, 0.3) is 22.1 Å². The maximum Gasteiger partial charge on any atom is 0.344 e. The Morgan fingerprint density at radius 1 is 0.667 bits per heavy atom. The molecular weight excluding hydrogens is 404 g/mol. The van der Waals surface area contributed by atoms with Gasteiger partial charge in [0.25, 0.3) is 0 Å². The summed E-state index contributed by atoms with van der Waals surface area (Å²) in [5.74, 6) is 0.641. The second-order valence-corrected chi connectivity index (χ2v) is 8.20. The molecule has 0 saturated carbocycles. The van der Waals surface area contributed by atoms with Gasteiger partial charge in [0.2, 0.25) is 0 Å². The molecule has 0 aliphatic rings. The molecule has 0 fully saturated rings. The van der Waals surface area contributed by atoms with E-state index in [9.17, 15) is 4.79 Å². The number of fused-ring (bicyclic) bond motifs is 1. The third-order valence-electron chi connectivity index (χ3n) is 6.05. The molecule has 0 atom stereocenters. The summed E-state index contributed by atoms with van der Waals surface area (Å²) in [4.78, 5) is 12.8. The predicted octanol–water partition coefficient (Wildman–Crippen LogP) is 7.39. The molecule has 0 aliphatic heterocycles. The van der Waals surface area contributed by atoms with Crippen molar-refractivity contribution in [2.75, 3.05) is 0 Å². The number of allylic oxidation sites excluding steroid dienone is 1. The van der Waals surface area contributed by atoms with Gasteiger partial charge in [0.05, 0.1) is 5.39 Å². The third kappa shape index (κ3) is 4.16. The predicted molar refractivity (Wildman–Crippen MR) is 135 cm³/mol. The first-order chi connectivity index (χ1) is 16.2. The van der Waals surface area contributed by atoms with E-state index in [1.807, 2.05) is 66.7 Å². The summed E-state index contributed by atoms with van der Waals surface area (Å²) in [7, 11) is 0. The van der Waals surface area contributed by atoms with E-state index in [2.05, 4.69) is 55.1 Å². The van der Waals surface area contributed by atoms with Gasteiger partial charge in [-0.2, -0.15) is 0 Å². The van der Waals surface area contributed by atoms with Crippen molar-refractivity contribution in [3.05, 3.63) is 155 Å². The summed E-state index contributed by atoms with van der Waals surface area (Å²) in [6.07, 6.45) is 0.586. The molecule has 0 amide bonds. The quantitative estimate of drug-likeness (QED) is 0.264. The van der Waals surface area contributed by atoms with Gasteiger partial charge in [0.15, 0.2) is 0 Å². The van der Waals surface area contributed by atoms with Crippen molar-refractivity contribution in [1.82, 2.24) is 0 Å². The maximum atomic E-state index is 12.8. The molecule has 5 rings (SSSR count). The van der Waals surface area contributed by atoms with Crippen LogP contribution in [0.1, 0.15) is 22.6 Å². The van der Waals surface area contributed by atoms with Crippen molar-refractivity contribution >= 4 is 10.8 Å². The van der Waals surface area contributed by atoms with E-state index in [0.29, 0.717) is 17.6 Å². The molecule has 2 nitrogen and oxygen atoms in total. The molecule has 0 unspecified atom stereocenters. The molecule has 0 bridgehead atoms. The second kappa shape index (κ2) is 9.13. The summed E-state index contributed by atoms with van der Waals surface area (Å²) >= 11 is 0. The summed E-state index contributed by atoms with van der Waals surface area (Å²) < 4.78 is 5.90. The fourth-order valence-electron chi connectivity index (χ4n) is 4.54. The van der Waals surface area contributed by atoms with Gasteiger partial charge in [-0.25, -0.2) is 4.79 Å². The van der Waals surface area contributed by atoms with Crippen LogP contribution in [0.5, 0.6) is 0 Å². The standard InChI is InChI=1S/C31H24O2/c1-22(29(23-13-5-2-6-14-23)24-15-7-3-8-16-24)21-28-26-19-11-12-20-27(26)31(32)33-30(28)25-17-9-4-10-18-25/h2-20,29H,1,21H2. The average molecular weight is 429 g/mol. The van der Waals surface area contributed by atoms with Gasteiger partial charge in [-0.1, -0.05) is 121 Å². The Bertz CT molecular complexity index is 1410. The number of rotatable bonds is 6. The Morgan fingerprint density at radius 2 is 1.15 bits per heavy atom. The highest BCUT2D eigenvalue weighted by Crippen LogP contribution is 2.36. The average Bonchev–Trinajstić information content (AvgIpc) is 2.88. The van der Waals surface area contributed by atoms with Gasteiger partial charge in [-0.15, -0.1) is 0 Å². The van der Waals surface area contributed by atoms with Crippen LogP contribution in [0, 0.1) is 0 Å². The Kier molecular flexibility index (Phi) is 5.73. The van der Waals surface area contributed by atoms with Crippen molar-refractivity contribution in [3.63, 3.8) is 0 Å². The largest absolute Gasteiger partial charge is 0.422 e. The van der Waals surface area contributed by atoms with Crippen LogP contribution in [0.3, 0.4) is 0 Å². The van der Waals surface area contributed by atoms with Crippen molar-refractivity contribution in [2.24, 2.45) is 0 Å². The van der Waals surface area contributed by atoms with Crippen molar-refractivity contribution in [2.45, 2.75) is 12.3 Å². The van der Waals surface area contributed by atoms with Crippen molar-refractivity contribution in [1.29, 1.82) is 0 Å². The first-order valence-electron chi connectivity index (χ1n) is 11.1. The van der Waals surface area contributed by atoms with Crippen LogP contribution >= 0.6 is 0 Å². The fourth-order valence-corrected chi connectivity index (χ4v) is 4.54. The topological polar surface area (TPSA) is 30.2 Å². The molecule has 0 saturated heterocycles. The number of benzene rings is 4. The Labute approximate surface area is 193 Å². The van der Waals surface area contributed by atoms with Crippen molar-refractivity contribution in [3.8, 4) is 11.3 Å². The van der Waals surface area contributed by atoms with E-state index < -0.39 is 0 Å². The van der Waals surface area contributed by atoms with E-state index >= 15 is 0 Å². The first-order valence-corrected chi connectivity index (χ1v) is 11.1. The van der Waals surface area contributed by atoms with Gasteiger partial charge in [-0.05, 0) is 29.0 Å². The third-order valence-corrected chi connectivity index (χ3v) is 6.05. The van der Waals surface area contributed by atoms with E-state index in [-0.39, 0.29) is 11.5 Å². The van der Waals surface area contributed by atoms with Gasteiger partial charge in [0.1, 0.15) is 5.76 Å². The molecule has 0 N–H and O–H groups in total. The molecule has 1 aromatic heterocycles. The number of hydrogen-bond acceptors (Lipinski definition) is 2. The summed E-state index contributed by atoms with van der Waals surface area (Å²) in [6.45, 7) is 4.55. The molecule has 0 aliphatic carbocycles. The molecule has 160 valence electrons. The molecular formula is C31H24O2. The zero-order chi connectivity index (χ0) is 22.6. The molecule has 4 aromatic carbocycles. The molecule has 0 radical (unpaired) electrons. The van der Waals surface area contributed by atoms with Crippen LogP contribution in [0.4, 0.5) is 0 Å². The Hall–Kier alpha value is -4.17. The van der Waals surface area contributed by atoms with Crippen LogP contribution < -0.4 is 5.63 Å². The highest BCUT2D eigenvalue weighted by molar-refractivity contribution is 5.89. The van der Waals surface area contributed by atoms with Crippen LogP contribution in [-0.4, -0.2) is 0 Å². The zero-order valence-electron chi connectivity index (χ0n) is 18.3. The minimum absolute atomic E-state index is 0.0294. The van der Waals surface area contributed by atoms with Crippen LogP contribution in [-0.2, 0) is 6.42 Å². The lowest BCUT2D eigenvalue weighted by Gasteiger charge is -2.22. The lowest BCUT2D eigenvalue weighted by Crippen LogP contribution is -2.10. The van der Waals surface area contributed by atoms with Gasteiger partial charge >= 0.3 is 5.63 Å². The van der Waals surface area contributed by atoms with Crippen LogP contribution in [0.2, 0.25) is 0 Å². The highest BCUT2D eigenvalue weighted by Gasteiger charge is 2.22. The second-order valence-electron chi connectivity index (χ2n) is 8.20. The minimum atomic E-state index is -0.318. The summed E-state index contributed by atoms with van der Waals surface area (Å²) in [5.41, 5.74) is 4.98. The smallest absolute Gasteiger partial charge is 0.344 e. The fraction of sp³-hybridized carbons (Fsp3) is 0.0645. The van der Waals surface area contributed by atoms with E-state index in [1.165, 1.54) is 11.1 Å². The summed E-state index contributed by atoms with van der Waals surface area (Å²) in [5, 5.41) is 1.50. The van der Waals surface area contributed by atoms with Gasteiger partial charge < -0.3 is 4.42 Å². The number of hydrogen-bond donors (Lipinski definition) is 0. The van der Waals surface area contributed by atoms with Gasteiger partial charge in [-0.3, -0.25) is 0 Å².